The van der Waals surface area contributed by atoms with Crippen LogP contribution in [0, 0.1) is 17.6 Å². The van der Waals surface area contributed by atoms with Crippen LogP contribution in [0.25, 0.3) is 16.7 Å². The molecule has 1 amide bonds. The molecule has 3 aromatic carbocycles. The number of hydrogen-bond acceptors (Lipinski definition) is 3. The zero-order chi connectivity index (χ0) is 23.7. The van der Waals surface area contributed by atoms with Gasteiger partial charge in [-0.3, -0.25) is 14.3 Å². The van der Waals surface area contributed by atoms with Crippen molar-refractivity contribution in [2.45, 2.75) is 19.4 Å². The summed E-state index contributed by atoms with van der Waals surface area (Å²) < 4.78 is 28.9. The first-order valence-corrected chi connectivity index (χ1v) is 11.6. The second kappa shape index (κ2) is 9.52. The van der Waals surface area contributed by atoms with Gasteiger partial charge >= 0.3 is 0 Å². The molecule has 1 N–H and O–H groups in total. The first-order valence-electron chi connectivity index (χ1n) is 11.2. The normalized spacial score (nSPS) is 15.0. The van der Waals surface area contributed by atoms with Crippen LogP contribution < -0.4 is 5.32 Å². The molecule has 0 saturated carbocycles. The highest BCUT2D eigenvalue weighted by molar-refractivity contribution is 6.31. The standard InChI is InChI=1S/C26H23ClF2N4O/c27-21-15-19(7-10-22(21)29)30-26(34)17-11-13-32(14-12-17)16-25-31-23-3-1-2-4-24(23)33(25)20-8-5-18(28)6-9-20/h1-10,15,17H,11-14,16H2,(H,30,34). The van der Waals surface area contributed by atoms with Crippen LogP contribution in [0.2, 0.25) is 5.02 Å². The number of carbonyl (C=O) groups excluding carboxylic acids is 1. The first-order chi connectivity index (χ1) is 16.5. The maximum atomic E-state index is 13.5. The molecule has 34 heavy (non-hydrogen) atoms. The van der Waals surface area contributed by atoms with Crippen molar-refractivity contribution in [3.05, 3.63) is 89.2 Å². The van der Waals surface area contributed by atoms with Gasteiger partial charge in [0.05, 0.1) is 22.6 Å². The molecule has 5 rings (SSSR count). The molecule has 8 heteroatoms. The van der Waals surface area contributed by atoms with E-state index in [1.54, 1.807) is 12.1 Å². The highest BCUT2D eigenvalue weighted by atomic mass is 35.5. The van der Waals surface area contributed by atoms with Gasteiger partial charge in [-0.1, -0.05) is 23.7 Å². The van der Waals surface area contributed by atoms with E-state index in [2.05, 4.69) is 14.8 Å². The molecule has 1 saturated heterocycles. The fraction of sp³-hybridized carbons (Fsp3) is 0.231. The van der Waals surface area contributed by atoms with Crippen LogP contribution in [0.15, 0.2) is 66.7 Å². The fourth-order valence-corrected chi connectivity index (χ4v) is 4.61. The SMILES string of the molecule is O=C(Nc1ccc(F)c(Cl)c1)C1CCN(Cc2nc3ccccc3n2-c2ccc(F)cc2)CC1. The molecular weight excluding hydrogens is 458 g/mol. The molecule has 174 valence electrons. The summed E-state index contributed by atoms with van der Waals surface area (Å²) >= 11 is 5.81. The number of nitrogens with zero attached hydrogens (tertiary/aromatic N) is 3. The Hall–Kier alpha value is -3.29. The van der Waals surface area contributed by atoms with Gasteiger partial charge in [0.1, 0.15) is 17.5 Å². The number of halogens is 3. The Morgan fingerprint density at radius 3 is 2.50 bits per heavy atom. The summed E-state index contributed by atoms with van der Waals surface area (Å²) in [4.78, 5) is 19.8. The van der Waals surface area contributed by atoms with E-state index >= 15 is 0 Å². The van der Waals surface area contributed by atoms with Gasteiger partial charge in [-0.05, 0) is 80.5 Å². The monoisotopic (exact) mass is 480 g/mol. The number of para-hydroxylation sites is 2. The van der Waals surface area contributed by atoms with E-state index in [1.807, 2.05) is 24.3 Å². The first kappa shape index (κ1) is 22.5. The molecule has 0 radical (unpaired) electrons. The zero-order valence-electron chi connectivity index (χ0n) is 18.3. The number of fused-ring (bicyclic) bond motifs is 1. The Kier molecular flexibility index (Phi) is 6.30. The maximum Gasteiger partial charge on any atom is 0.227 e. The van der Waals surface area contributed by atoms with Crippen LogP contribution in [-0.2, 0) is 11.3 Å². The summed E-state index contributed by atoms with van der Waals surface area (Å²) in [5, 5.41) is 2.82. The van der Waals surface area contributed by atoms with Crippen LogP contribution in [0.1, 0.15) is 18.7 Å². The number of amides is 1. The lowest BCUT2D eigenvalue weighted by molar-refractivity contribution is -0.121. The highest BCUT2D eigenvalue weighted by Crippen LogP contribution is 2.26. The van der Waals surface area contributed by atoms with Crippen LogP contribution in [0.5, 0.6) is 0 Å². The number of benzene rings is 3. The van der Waals surface area contributed by atoms with Crippen molar-refractivity contribution in [2.24, 2.45) is 5.92 Å². The third-order valence-corrected chi connectivity index (χ3v) is 6.52. The minimum absolute atomic E-state index is 0.0170. The lowest BCUT2D eigenvalue weighted by Gasteiger charge is -2.31. The van der Waals surface area contributed by atoms with Crippen molar-refractivity contribution < 1.29 is 13.6 Å². The van der Waals surface area contributed by atoms with Crippen LogP contribution in [-0.4, -0.2) is 33.4 Å². The largest absolute Gasteiger partial charge is 0.326 e. The number of piperidine rings is 1. The van der Waals surface area contributed by atoms with E-state index < -0.39 is 5.82 Å². The highest BCUT2D eigenvalue weighted by Gasteiger charge is 2.26. The second-order valence-corrected chi connectivity index (χ2v) is 8.90. The topological polar surface area (TPSA) is 50.2 Å². The van der Waals surface area contributed by atoms with Crippen molar-refractivity contribution in [3.63, 3.8) is 0 Å². The molecule has 2 heterocycles. The van der Waals surface area contributed by atoms with Gasteiger partial charge in [-0.2, -0.15) is 0 Å². The molecular formula is C26H23ClF2N4O. The molecule has 1 aliphatic rings. The molecule has 0 aliphatic carbocycles. The summed E-state index contributed by atoms with van der Waals surface area (Å²) in [6.45, 7) is 2.11. The molecule has 0 bridgehead atoms. The Morgan fingerprint density at radius 1 is 1.03 bits per heavy atom. The van der Waals surface area contributed by atoms with Gasteiger partial charge in [0, 0.05) is 17.3 Å². The molecule has 0 atom stereocenters. The van der Waals surface area contributed by atoms with E-state index in [0.717, 1.165) is 35.6 Å². The lowest BCUT2D eigenvalue weighted by Crippen LogP contribution is -2.38. The Labute approximate surface area is 201 Å². The quantitative estimate of drug-likeness (QED) is 0.392. The molecule has 1 aromatic heterocycles. The molecule has 0 spiro atoms. The van der Waals surface area contributed by atoms with Gasteiger partial charge in [-0.25, -0.2) is 13.8 Å². The average Bonchev–Trinajstić information content (AvgIpc) is 3.20. The van der Waals surface area contributed by atoms with Crippen molar-refractivity contribution in [3.8, 4) is 5.69 Å². The predicted molar refractivity (Wildman–Crippen MR) is 129 cm³/mol. The van der Waals surface area contributed by atoms with Crippen molar-refractivity contribution >= 4 is 34.2 Å². The van der Waals surface area contributed by atoms with Gasteiger partial charge in [0.2, 0.25) is 5.91 Å². The zero-order valence-corrected chi connectivity index (χ0v) is 19.1. The number of carbonyl (C=O) groups is 1. The van der Waals surface area contributed by atoms with Crippen LogP contribution in [0.4, 0.5) is 14.5 Å². The van der Waals surface area contributed by atoms with E-state index in [1.165, 1.54) is 30.3 Å². The fourth-order valence-electron chi connectivity index (χ4n) is 4.43. The number of hydrogen-bond donors (Lipinski definition) is 1. The number of anilines is 1. The molecule has 5 nitrogen and oxygen atoms in total. The third kappa shape index (κ3) is 4.67. The minimum atomic E-state index is -0.514. The van der Waals surface area contributed by atoms with Crippen LogP contribution >= 0.6 is 11.6 Å². The lowest BCUT2D eigenvalue weighted by atomic mass is 9.96. The maximum absolute atomic E-state index is 13.5. The summed E-state index contributed by atoms with van der Waals surface area (Å²) in [6.07, 6.45) is 1.41. The van der Waals surface area contributed by atoms with Crippen LogP contribution in [0.3, 0.4) is 0 Å². The van der Waals surface area contributed by atoms with Gasteiger partial charge in [-0.15, -0.1) is 0 Å². The van der Waals surface area contributed by atoms with Gasteiger partial charge in [0.25, 0.3) is 0 Å². The van der Waals surface area contributed by atoms with Crippen molar-refractivity contribution in [1.82, 2.24) is 14.5 Å². The Balaban J connectivity index is 1.28. The van der Waals surface area contributed by atoms with Gasteiger partial charge < -0.3 is 5.32 Å². The van der Waals surface area contributed by atoms with E-state index in [4.69, 9.17) is 16.6 Å². The smallest absolute Gasteiger partial charge is 0.227 e. The molecule has 4 aromatic rings. The molecule has 1 fully saturated rings. The predicted octanol–water partition coefficient (Wildman–Crippen LogP) is 5.81. The Morgan fingerprint density at radius 2 is 1.76 bits per heavy atom. The molecule has 1 aliphatic heterocycles. The Bertz CT molecular complexity index is 1330. The summed E-state index contributed by atoms with van der Waals surface area (Å²) in [5.74, 6) is -0.133. The minimum Gasteiger partial charge on any atom is -0.326 e. The number of aromatic nitrogens is 2. The molecule has 0 unspecified atom stereocenters. The van der Waals surface area contributed by atoms with E-state index in [-0.39, 0.29) is 22.7 Å². The second-order valence-electron chi connectivity index (χ2n) is 8.50. The van der Waals surface area contributed by atoms with Gasteiger partial charge in [0.15, 0.2) is 0 Å². The number of rotatable bonds is 5. The summed E-state index contributed by atoms with van der Waals surface area (Å²) in [5.41, 5.74) is 3.20. The van der Waals surface area contributed by atoms with Crippen molar-refractivity contribution in [1.29, 1.82) is 0 Å². The summed E-state index contributed by atoms with van der Waals surface area (Å²) in [6, 6.07) is 18.5. The van der Waals surface area contributed by atoms with Crippen molar-refractivity contribution in [2.75, 3.05) is 18.4 Å². The number of imidazole rings is 1. The van der Waals surface area contributed by atoms with E-state index in [0.29, 0.717) is 25.1 Å². The number of likely N-dealkylation sites (tertiary alicyclic amines) is 1. The average molecular weight is 481 g/mol. The third-order valence-electron chi connectivity index (χ3n) is 6.23. The van der Waals surface area contributed by atoms with E-state index in [9.17, 15) is 13.6 Å². The summed E-state index contributed by atoms with van der Waals surface area (Å²) in [7, 11) is 0. The number of nitrogens with one attached hydrogen (secondary N) is 1.